The highest BCUT2D eigenvalue weighted by atomic mass is 127. The van der Waals surface area contributed by atoms with Crippen molar-refractivity contribution in [1.82, 2.24) is 25.3 Å². The van der Waals surface area contributed by atoms with Crippen molar-refractivity contribution in [1.29, 1.82) is 0 Å². The molecule has 2 heterocycles. The Morgan fingerprint density at radius 1 is 1.20 bits per heavy atom. The first-order chi connectivity index (χ1) is 14.0. The van der Waals surface area contributed by atoms with Crippen LogP contribution in [0, 0.1) is 5.92 Å². The van der Waals surface area contributed by atoms with E-state index in [2.05, 4.69) is 25.4 Å². The molecule has 1 unspecified atom stereocenters. The third-order valence-corrected chi connectivity index (χ3v) is 5.10. The molecule has 11 heteroatoms. The van der Waals surface area contributed by atoms with Crippen LogP contribution in [0.4, 0.5) is 0 Å². The van der Waals surface area contributed by atoms with Gasteiger partial charge in [-0.15, -0.1) is 24.0 Å². The molecule has 0 aromatic carbocycles. The minimum Gasteiger partial charge on any atom is -0.383 e. The Morgan fingerprint density at radius 2 is 1.93 bits per heavy atom. The molecule has 30 heavy (non-hydrogen) atoms. The van der Waals surface area contributed by atoms with Gasteiger partial charge in [0.2, 0.25) is 11.8 Å². The second-order valence-electron chi connectivity index (χ2n) is 7.64. The van der Waals surface area contributed by atoms with E-state index < -0.39 is 0 Å². The number of amides is 2. The van der Waals surface area contributed by atoms with Crippen LogP contribution in [0.3, 0.4) is 0 Å². The number of piperazine rings is 1. The van der Waals surface area contributed by atoms with Crippen LogP contribution < -0.4 is 10.6 Å². The molecular weight excluding hydrogens is 503 g/mol. The fourth-order valence-corrected chi connectivity index (χ4v) is 3.20. The van der Waals surface area contributed by atoms with Gasteiger partial charge in [0, 0.05) is 73.0 Å². The molecule has 10 nitrogen and oxygen atoms in total. The van der Waals surface area contributed by atoms with Gasteiger partial charge in [0.05, 0.1) is 19.8 Å². The number of methoxy groups -OCH3 is 1. The van der Waals surface area contributed by atoms with E-state index in [1.165, 1.54) is 0 Å². The van der Waals surface area contributed by atoms with Crippen LogP contribution in [-0.4, -0.2) is 126 Å². The first kappa shape index (κ1) is 26.9. The minimum atomic E-state index is -0.0279. The summed E-state index contributed by atoms with van der Waals surface area (Å²) in [5.41, 5.74) is 0. The van der Waals surface area contributed by atoms with Crippen molar-refractivity contribution in [3.8, 4) is 0 Å². The lowest BCUT2D eigenvalue weighted by Gasteiger charge is -2.36. The number of nitrogens with one attached hydrogen (secondary N) is 2. The minimum absolute atomic E-state index is 0. The zero-order valence-corrected chi connectivity index (χ0v) is 20.7. The Bertz CT molecular complexity index is 549. The summed E-state index contributed by atoms with van der Waals surface area (Å²) >= 11 is 0. The van der Waals surface area contributed by atoms with Gasteiger partial charge in [0.15, 0.2) is 5.96 Å². The number of halogens is 1. The summed E-state index contributed by atoms with van der Waals surface area (Å²) in [6.45, 7) is 6.98. The second kappa shape index (κ2) is 14.8. The number of nitrogens with zero attached hydrogens (tertiary/aromatic N) is 4. The molecule has 2 amide bonds. The van der Waals surface area contributed by atoms with Crippen LogP contribution in [0.15, 0.2) is 4.99 Å². The standard InChI is InChI=1S/C19H36N6O4.HI/c1-23(2)18(27)13-22-19(21-12-16-4-10-29-15-16)25-8-6-24(7-9-25)14-17(26)20-5-11-28-3;/h16H,4-15H2,1-3H3,(H,20,26)(H,21,22);1H. The van der Waals surface area contributed by atoms with Crippen molar-refractivity contribution in [3.63, 3.8) is 0 Å². The van der Waals surface area contributed by atoms with E-state index in [1.807, 2.05) is 0 Å². The molecule has 2 saturated heterocycles. The molecule has 1 atom stereocenters. The van der Waals surface area contributed by atoms with Crippen molar-refractivity contribution in [2.24, 2.45) is 10.9 Å². The van der Waals surface area contributed by atoms with Crippen molar-refractivity contribution >= 4 is 41.8 Å². The molecule has 2 aliphatic rings. The predicted molar refractivity (Wildman–Crippen MR) is 126 cm³/mol. The quantitative estimate of drug-likeness (QED) is 0.169. The number of hydrogen-bond acceptors (Lipinski definition) is 6. The first-order valence-corrected chi connectivity index (χ1v) is 10.3. The zero-order chi connectivity index (χ0) is 21.1. The number of ether oxygens (including phenoxy) is 2. The topological polar surface area (TPSA) is 98.7 Å². The Hall–Kier alpha value is -1.18. The normalized spacial score (nSPS) is 19.9. The second-order valence-corrected chi connectivity index (χ2v) is 7.64. The van der Waals surface area contributed by atoms with Gasteiger partial charge in [-0.1, -0.05) is 0 Å². The molecule has 2 aliphatic heterocycles. The number of carbonyl (C=O) groups excluding carboxylic acids is 2. The number of likely N-dealkylation sites (N-methyl/N-ethyl adjacent to an activating group) is 1. The lowest BCUT2D eigenvalue weighted by molar-refractivity contribution is -0.127. The molecule has 0 saturated carbocycles. The van der Waals surface area contributed by atoms with Gasteiger partial charge in [0.25, 0.3) is 0 Å². The van der Waals surface area contributed by atoms with Crippen molar-refractivity contribution < 1.29 is 19.1 Å². The predicted octanol–water partition coefficient (Wildman–Crippen LogP) is -0.945. The fourth-order valence-electron chi connectivity index (χ4n) is 3.20. The lowest BCUT2D eigenvalue weighted by atomic mass is 10.1. The molecule has 0 radical (unpaired) electrons. The molecule has 0 aromatic heterocycles. The summed E-state index contributed by atoms with van der Waals surface area (Å²) in [5, 5.41) is 6.28. The SMILES string of the molecule is COCCNC(=O)CN1CCN(C(=NCC(=O)N(C)C)NCC2CCOC2)CC1.I. The highest BCUT2D eigenvalue weighted by Crippen LogP contribution is 2.11. The smallest absolute Gasteiger partial charge is 0.243 e. The van der Waals surface area contributed by atoms with Crippen LogP contribution in [0.25, 0.3) is 0 Å². The third-order valence-electron chi connectivity index (χ3n) is 5.10. The van der Waals surface area contributed by atoms with Gasteiger partial charge in [0.1, 0.15) is 6.54 Å². The van der Waals surface area contributed by atoms with Crippen molar-refractivity contribution in [2.45, 2.75) is 6.42 Å². The summed E-state index contributed by atoms with van der Waals surface area (Å²) in [7, 11) is 5.08. The number of hydrogen-bond donors (Lipinski definition) is 2. The van der Waals surface area contributed by atoms with E-state index in [0.717, 1.165) is 58.3 Å². The fraction of sp³-hybridized carbons (Fsp3) is 0.842. The zero-order valence-electron chi connectivity index (χ0n) is 18.4. The lowest BCUT2D eigenvalue weighted by Crippen LogP contribution is -2.54. The van der Waals surface area contributed by atoms with Crippen molar-refractivity contribution in [2.75, 3.05) is 93.4 Å². The van der Waals surface area contributed by atoms with Crippen LogP contribution in [0.1, 0.15) is 6.42 Å². The maximum absolute atomic E-state index is 12.0. The Labute approximate surface area is 196 Å². The van der Waals surface area contributed by atoms with E-state index >= 15 is 0 Å². The average Bonchev–Trinajstić information content (AvgIpc) is 3.22. The van der Waals surface area contributed by atoms with Gasteiger partial charge >= 0.3 is 0 Å². The first-order valence-electron chi connectivity index (χ1n) is 10.3. The van der Waals surface area contributed by atoms with Gasteiger partial charge in [-0.25, -0.2) is 4.99 Å². The van der Waals surface area contributed by atoms with E-state index in [9.17, 15) is 9.59 Å². The molecule has 0 spiro atoms. The van der Waals surface area contributed by atoms with Crippen molar-refractivity contribution in [3.05, 3.63) is 0 Å². The van der Waals surface area contributed by atoms with Crippen LogP contribution in [-0.2, 0) is 19.1 Å². The van der Waals surface area contributed by atoms with Crippen LogP contribution >= 0.6 is 24.0 Å². The number of aliphatic imine (C=N–C) groups is 1. The Morgan fingerprint density at radius 3 is 2.53 bits per heavy atom. The maximum atomic E-state index is 12.0. The number of rotatable bonds is 9. The number of carbonyl (C=O) groups is 2. The van der Waals surface area contributed by atoms with Crippen LogP contribution in [0.2, 0.25) is 0 Å². The third kappa shape index (κ3) is 9.75. The molecule has 0 aliphatic carbocycles. The monoisotopic (exact) mass is 540 g/mol. The van der Waals surface area contributed by atoms with E-state index in [1.54, 1.807) is 26.1 Å². The number of guanidine groups is 1. The summed E-state index contributed by atoms with van der Waals surface area (Å²) in [6.07, 6.45) is 1.04. The van der Waals surface area contributed by atoms with E-state index in [4.69, 9.17) is 9.47 Å². The van der Waals surface area contributed by atoms with Crippen LogP contribution in [0.5, 0.6) is 0 Å². The molecular formula is C19H37IN6O4. The summed E-state index contributed by atoms with van der Waals surface area (Å²) < 4.78 is 10.4. The summed E-state index contributed by atoms with van der Waals surface area (Å²) in [5.74, 6) is 1.22. The van der Waals surface area contributed by atoms with Gasteiger partial charge in [-0.3, -0.25) is 14.5 Å². The maximum Gasteiger partial charge on any atom is 0.243 e. The molecule has 2 rings (SSSR count). The molecule has 174 valence electrons. The largest absolute Gasteiger partial charge is 0.383 e. The Kier molecular flexibility index (Phi) is 13.2. The molecule has 0 bridgehead atoms. The van der Waals surface area contributed by atoms with Gasteiger partial charge in [-0.2, -0.15) is 0 Å². The highest BCUT2D eigenvalue weighted by Gasteiger charge is 2.23. The molecule has 2 N–H and O–H groups in total. The van der Waals surface area contributed by atoms with E-state index in [-0.39, 0.29) is 42.3 Å². The van der Waals surface area contributed by atoms with Gasteiger partial charge < -0.3 is 29.9 Å². The molecule has 0 aromatic rings. The summed E-state index contributed by atoms with van der Waals surface area (Å²) in [4.78, 5) is 34.3. The average molecular weight is 540 g/mol. The molecule has 2 fully saturated rings. The Balaban J connectivity index is 0.00000450. The highest BCUT2D eigenvalue weighted by molar-refractivity contribution is 14.0. The summed E-state index contributed by atoms with van der Waals surface area (Å²) in [6, 6.07) is 0. The van der Waals surface area contributed by atoms with Gasteiger partial charge in [-0.05, 0) is 6.42 Å². The van der Waals surface area contributed by atoms with E-state index in [0.29, 0.717) is 25.6 Å².